The molecule has 0 aliphatic rings. The van der Waals surface area contributed by atoms with E-state index in [9.17, 15) is 5.11 Å². The van der Waals surface area contributed by atoms with Crippen LogP contribution in [-0.4, -0.2) is 5.11 Å². The summed E-state index contributed by atoms with van der Waals surface area (Å²) in [5.74, 6) is 2.75. The van der Waals surface area contributed by atoms with E-state index in [-0.39, 0.29) is 11.7 Å². The van der Waals surface area contributed by atoms with Gasteiger partial charge in [0.25, 0.3) is 0 Å². The van der Waals surface area contributed by atoms with Crippen molar-refractivity contribution in [3.63, 3.8) is 0 Å². The van der Waals surface area contributed by atoms with Gasteiger partial charge < -0.3 is 14.3 Å². The number of aromatic hydroxyl groups is 1. The van der Waals surface area contributed by atoms with Crippen LogP contribution in [0.25, 0.3) is 11.0 Å². The lowest BCUT2D eigenvalue weighted by Gasteiger charge is -2.14. The number of aryl methyl sites for hydroxylation is 2. The van der Waals surface area contributed by atoms with E-state index >= 15 is 0 Å². The molecule has 1 N–H and O–H groups in total. The third-order valence-electron chi connectivity index (χ3n) is 4.15. The van der Waals surface area contributed by atoms with Gasteiger partial charge in [-0.2, -0.15) is 0 Å². The Morgan fingerprint density at radius 2 is 1.83 bits per heavy atom. The van der Waals surface area contributed by atoms with Gasteiger partial charge >= 0.3 is 0 Å². The van der Waals surface area contributed by atoms with Crippen LogP contribution < -0.4 is 4.74 Å². The molecular formula is C19H18Br2O3. The quantitative estimate of drug-likeness (QED) is 0.456. The number of halogens is 2. The van der Waals surface area contributed by atoms with Crippen LogP contribution in [0.15, 0.2) is 37.6 Å². The molecule has 0 fully saturated rings. The molecule has 0 saturated heterocycles. The molecule has 0 amide bonds. The Morgan fingerprint density at radius 1 is 1.12 bits per heavy atom. The average Bonchev–Trinajstić information content (AvgIpc) is 2.79. The Balaban J connectivity index is 2.10. The molecule has 3 rings (SSSR count). The van der Waals surface area contributed by atoms with Crippen molar-refractivity contribution in [1.29, 1.82) is 0 Å². The van der Waals surface area contributed by atoms with Gasteiger partial charge in [0, 0.05) is 10.9 Å². The van der Waals surface area contributed by atoms with Gasteiger partial charge in [-0.25, -0.2) is 0 Å². The van der Waals surface area contributed by atoms with Gasteiger partial charge in [-0.05, 0) is 81.5 Å². The van der Waals surface area contributed by atoms with Crippen molar-refractivity contribution < 1.29 is 14.3 Å². The van der Waals surface area contributed by atoms with Crippen molar-refractivity contribution in [1.82, 2.24) is 0 Å². The largest absolute Gasteiger partial charge is 0.508 e. The summed E-state index contributed by atoms with van der Waals surface area (Å²) in [6.45, 7) is 8.05. The first-order chi connectivity index (χ1) is 11.3. The van der Waals surface area contributed by atoms with Gasteiger partial charge in [-0.3, -0.25) is 0 Å². The maximum atomic E-state index is 9.97. The molecule has 126 valence electrons. The number of phenolic OH excluding ortho intramolecular Hbond substituents is 1. The SMILES string of the molecule is Cc1oc2cc(Br)c(Oc3ccc(O)c(C(C)C)c3)c(Br)c2c1C. The Bertz CT molecular complexity index is 926. The molecule has 3 aromatic rings. The molecule has 3 nitrogen and oxygen atoms in total. The Kier molecular flexibility index (Phi) is 4.67. The van der Waals surface area contributed by atoms with Crippen molar-refractivity contribution in [2.24, 2.45) is 0 Å². The fourth-order valence-corrected chi connectivity index (χ4v) is 4.24. The molecule has 0 radical (unpaired) electrons. The molecule has 1 heterocycles. The summed E-state index contributed by atoms with van der Waals surface area (Å²) in [6.07, 6.45) is 0. The van der Waals surface area contributed by atoms with Crippen LogP contribution in [0.3, 0.4) is 0 Å². The van der Waals surface area contributed by atoms with Gasteiger partial charge in [0.15, 0.2) is 5.75 Å². The summed E-state index contributed by atoms with van der Waals surface area (Å²) in [5, 5.41) is 11.0. The third-order valence-corrected chi connectivity index (χ3v) is 5.49. The highest BCUT2D eigenvalue weighted by Gasteiger charge is 2.19. The predicted molar refractivity (Wildman–Crippen MR) is 103 cm³/mol. The number of fused-ring (bicyclic) bond motifs is 1. The highest BCUT2D eigenvalue weighted by Crippen LogP contribution is 2.45. The number of ether oxygens (including phenoxy) is 1. The van der Waals surface area contributed by atoms with Gasteiger partial charge in [0.2, 0.25) is 0 Å². The molecule has 0 bridgehead atoms. The highest BCUT2D eigenvalue weighted by molar-refractivity contribution is 9.11. The minimum atomic E-state index is 0.210. The van der Waals surface area contributed by atoms with E-state index in [1.807, 2.05) is 39.8 Å². The second-order valence-corrected chi connectivity index (χ2v) is 7.78. The molecule has 0 aliphatic heterocycles. The summed E-state index contributed by atoms with van der Waals surface area (Å²) in [7, 11) is 0. The smallest absolute Gasteiger partial charge is 0.156 e. The van der Waals surface area contributed by atoms with Crippen molar-refractivity contribution in [2.75, 3.05) is 0 Å². The first kappa shape index (κ1) is 17.4. The number of benzene rings is 2. The average molecular weight is 454 g/mol. The zero-order chi connectivity index (χ0) is 17.6. The van der Waals surface area contributed by atoms with Crippen LogP contribution in [0, 0.1) is 13.8 Å². The normalized spacial score (nSPS) is 11.5. The third kappa shape index (κ3) is 2.95. The predicted octanol–water partition coefficient (Wildman–Crippen LogP) is 7.20. The number of hydrogen-bond acceptors (Lipinski definition) is 3. The van der Waals surface area contributed by atoms with Gasteiger partial charge in [0.05, 0.1) is 8.95 Å². The fourth-order valence-electron chi connectivity index (χ4n) is 2.70. The van der Waals surface area contributed by atoms with Crippen molar-refractivity contribution in [3.8, 4) is 17.2 Å². The number of phenols is 1. The van der Waals surface area contributed by atoms with Gasteiger partial charge in [-0.15, -0.1) is 0 Å². The minimum Gasteiger partial charge on any atom is -0.508 e. The molecule has 0 unspecified atom stereocenters. The van der Waals surface area contributed by atoms with E-state index in [0.717, 1.165) is 36.8 Å². The highest BCUT2D eigenvalue weighted by atomic mass is 79.9. The van der Waals surface area contributed by atoms with Gasteiger partial charge in [0.1, 0.15) is 22.8 Å². The summed E-state index contributed by atoms with van der Waals surface area (Å²) < 4.78 is 13.5. The summed E-state index contributed by atoms with van der Waals surface area (Å²) in [5.41, 5.74) is 2.75. The molecule has 24 heavy (non-hydrogen) atoms. The van der Waals surface area contributed by atoms with E-state index in [4.69, 9.17) is 9.15 Å². The minimum absolute atomic E-state index is 0.210. The molecule has 2 aromatic carbocycles. The maximum Gasteiger partial charge on any atom is 0.156 e. The van der Waals surface area contributed by atoms with E-state index in [0.29, 0.717) is 11.5 Å². The Morgan fingerprint density at radius 3 is 2.50 bits per heavy atom. The Labute approximate surface area is 157 Å². The van der Waals surface area contributed by atoms with Crippen molar-refractivity contribution >= 4 is 42.8 Å². The topological polar surface area (TPSA) is 42.6 Å². The van der Waals surface area contributed by atoms with Crippen LogP contribution in [-0.2, 0) is 0 Å². The second kappa shape index (κ2) is 6.45. The van der Waals surface area contributed by atoms with Crippen LogP contribution in [0.1, 0.15) is 36.7 Å². The van der Waals surface area contributed by atoms with E-state index < -0.39 is 0 Å². The molecule has 0 saturated carbocycles. The molecule has 0 aliphatic carbocycles. The van der Waals surface area contributed by atoms with E-state index in [2.05, 4.69) is 31.9 Å². The zero-order valence-corrected chi connectivity index (χ0v) is 17.1. The molecule has 5 heteroatoms. The van der Waals surface area contributed by atoms with Crippen LogP contribution >= 0.6 is 31.9 Å². The molecule has 0 atom stereocenters. The van der Waals surface area contributed by atoms with Crippen LogP contribution in [0.5, 0.6) is 17.2 Å². The second-order valence-electron chi connectivity index (χ2n) is 6.14. The lowest BCUT2D eigenvalue weighted by atomic mass is 10.0. The fraction of sp³-hybridized carbons (Fsp3) is 0.263. The van der Waals surface area contributed by atoms with Crippen molar-refractivity contribution in [3.05, 3.63) is 50.1 Å². The van der Waals surface area contributed by atoms with E-state index in [1.165, 1.54) is 0 Å². The maximum absolute atomic E-state index is 9.97. The lowest BCUT2D eigenvalue weighted by Crippen LogP contribution is -1.92. The first-order valence-electron chi connectivity index (χ1n) is 7.68. The lowest BCUT2D eigenvalue weighted by molar-refractivity contribution is 0.453. The summed E-state index contributed by atoms with van der Waals surface area (Å²) in [6, 6.07) is 7.21. The molecular weight excluding hydrogens is 436 g/mol. The standard InChI is InChI=1S/C19H18Br2O3/c1-9(2)13-7-12(5-6-15(13)22)24-19-14(20)8-16-17(18(19)21)10(3)11(4)23-16/h5-9,22H,1-4H3. The van der Waals surface area contributed by atoms with Crippen LogP contribution in [0.2, 0.25) is 0 Å². The first-order valence-corrected chi connectivity index (χ1v) is 9.26. The number of hydrogen-bond donors (Lipinski definition) is 1. The number of rotatable bonds is 3. The summed E-state index contributed by atoms with van der Waals surface area (Å²) in [4.78, 5) is 0. The summed E-state index contributed by atoms with van der Waals surface area (Å²) >= 11 is 7.21. The molecule has 0 spiro atoms. The molecule has 1 aromatic heterocycles. The van der Waals surface area contributed by atoms with Crippen LogP contribution in [0.4, 0.5) is 0 Å². The van der Waals surface area contributed by atoms with E-state index in [1.54, 1.807) is 12.1 Å². The Hall–Kier alpha value is -1.46. The zero-order valence-electron chi connectivity index (χ0n) is 13.9. The van der Waals surface area contributed by atoms with Gasteiger partial charge in [-0.1, -0.05) is 13.8 Å². The van der Waals surface area contributed by atoms with Crippen molar-refractivity contribution in [2.45, 2.75) is 33.6 Å². The monoisotopic (exact) mass is 452 g/mol. The number of furan rings is 1.